The highest BCUT2D eigenvalue weighted by atomic mass is 16.4. The van der Waals surface area contributed by atoms with Crippen LogP contribution in [0.4, 0.5) is 5.69 Å². The Balaban J connectivity index is 2.32. The van der Waals surface area contributed by atoms with E-state index in [4.69, 9.17) is 0 Å². The van der Waals surface area contributed by atoms with Crippen molar-refractivity contribution in [2.24, 2.45) is 0 Å². The van der Waals surface area contributed by atoms with E-state index in [9.17, 15) is 14.7 Å². The molecule has 0 saturated heterocycles. The van der Waals surface area contributed by atoms with Crippen molar-refractivity contribution in [1.29, 1.82) is 0 Å². The van der Waals surface area contributed by atoms with Crippen LogP contribution < -0.4 is 10.3 Å². The number of benzene rings is 1. The summed E-state index contributed by atoms with van der Waals surface area (Å²) < 4.78 is 1.99. The normalized spacial score (nSPS) is 15.4. The molecule has 1 aliphatic rings. The molecule has 116 valence electrons. The molecule has 1 aliphatic carbocycles. The summed E-state index contributed by atoms with van der Waals surface area (Å²) in [7, 11) is 3.80. The van der Waals surface area contributed by atoms with Gasteiger partial charge in [0.25, 0.3) is 0 Å². The Bertz CT molecular complexity index is 786. The van der Waals surface area contributed by atoms with Crippen molar-refractivity contribution >= 4 is 22.6 Å². The standard InChI is InChI=1S/C17H20N2O3/c1-18(2)12-7-8-15-13(9-12)16(20)14(17(21)22)10-19(15)11-5-3-4-6-11/h7-11H,3-6H2,1-2H3,(H,21,22). The lowest BCUT2D eigenvalue weighted by molar-refractivity contribution is 0.0694. The van der Waals surface area contributed by atoms with E-state index in [2.05, 4.69) is 0 Å². The van der Waals surface area contributed by atoms with Gasteiger partial charge in [-0.25, -0.2) is 4.79 Å². The number of carboxylic acid groups (broad SMARTS) is 1. The van der Waals surface area contributed by atoms with E-state index in [1.54, 1.807) is 6.07 Å². The second-order valence-electron chi connectivity index (χ2n) is 6.12. The largest absolute Gasteiger partial charge is 0.477 e. The molecule has 0 unspecified atom stereocenters. The van der Waals surface area contributed by atoms with Crippen LogP contribution in [0.25, 0.3) is 10.9 Å². The van der Waals surface area contributed by atoms with E-state index in [0.29, 0.717) is 5.39 Å². The number of aromatic carboxylic acids is 1. The number of carbonyl (C=O) groups is 1. The molecule has 0 spiro atoms. The van der Waals surface area contributed by atoms with Crippen LogP contribution in [0.5, 0.6) is 0 Å². The van der Waals surface area contributed by atoms with Gasteiger partial charge in [-0.05, 0) is 31.0 Å². The number of pyridine rings is 1. The number of carboxylic acids is 1. The monoisotopic (exact) mass is 300 g/mol. The van der Waals surface area contributed by atoms with Crippen molar-refractivity contribution in [2.75, 3.05) is 19.0 Å². The van der Waals surface area contributed by atoms with Crippen molar-refractivity contribution in [1.82, 2.24) is 4.57 Å². The predicted octanol–water partition coefficient (Wildman–Crippen LogP) is 2.88. The van der Waals surface area contributed by atoms with E-state index in [1.165, 1.54) is 6.20 Å². The minimum absolute atomic E-state index is 0.143. The van der Waals surface area contributed by atoms with Gasteiger partial charge in [-0.15, -0.1) is 0 Å². The van der Waals surface area contributed by atoms with Crippen LogP contribution in [-0.4, -0.2) is 29.7 Å². The zero-order chi connectivity index (χ0) is 15.9. The number of aromatic nitrogens is 1. The Labute approximate surface area is 128 Å². The van der Waals surface area contributed by atoms with Crippen molar-refractivity contribution < 1.29 is 9.90 Å². The Morgan fingerprint density at radius 3 is 2.55 bits per heavy atom. The molecule has 0 bridgehead atoms. The number of nitrogens with zero attached hydrogens (tertiary/aromatic N) is 2. The van der Waals surface area contributed by atoms with Crippen LogP contribution in [0.2, 0.25) is 0 Å². The van der Waals surface area contributed by atoms with Crippen molar-refractivity contribution in [2.45, 2.75) is 31.7 Å². The van der Waals surface area contributed by atoms with Gasteiger partial charge >= 0.3 is 5.97 Å². The summed E-state index contributed by atoms with van der Waals surface area (Å²) in [6.45, 7) is 0. The lowest BCUT2D eigenvalue weighted by Gasteiger charge is -2.20. The fourth-order valence-electron chi connectivity index (χ4n) is 3.26. The molecular formula is C17H20N2O3. The molecule has 1 fully saturated rings. The number of hydrogen-bond acceptors (Lipinski definition) is 3. The lowest BCUT2D eigenvalue weighted by Crippen LogP contribution is -2.21. The Morgan fingerprint density at radius 2 is 1.95 bits per heavy atom. The quantitative estimate of drug-likeness (QED) is 0.946. The maximum Gasteiger partial charge on any atom is 0.341 e. The molecule has 1 N–H and O–H groups in total. The second-order valence-corrected chi connectivity index (χ2v) is 6.12. The van der Waals surface area contributed by atoms with Gasteiger partial charge in [-0.1, -0.05) is 12.8 Å². The minimum atomic E-state index is -1.16. The molecular weight excluding hydrogens is 280 g/mol. The summed E-state index contributed by atoms with van der Waals surface area (Å²) in [5, 5.41) is 9.83. The van der Waals surface area contributed by atoms with Crippen LogP contribution >= 0.6 is 0 Å². The first-order chi connectivity index (χ1) is 10.5. The number of hydrogen-bond donors (Lipinski definition) is 1. The van der Waals surface area contributed by atoms with Gasteiger partial charge in [0.15, 0.2) is 0 Å². The predicted molar refractivity (Wildman–Crippen MR) is 87.0 cm³/mol. The third-order valence-electron chi connectivity index (χ3n) is 4.48. The molecule has 3 rings (SSSR count). The van der Waals surface area contributed by atoms with Gasteiger partial charge in [0, 0.05) is 37.4 Å². The molecule has 1 aromatic heterocycles. The molecule has 0 amide bonds. The van der Waals surface area contributed by atoms with E-state index in [0.717, 1.165) is 36.9 Å². The smallest absolute Gasteiger partial charge is 0.341 e. The minimum Gasteiger partial charge on any atom is -0.477 e. The van der Waals surface area contributed by atoms with Crippen LogP contribution in [0.15, 0.2) is 29.2 Å². The van der Waals surface area contributed by atoms with Gasteiger partial charge in [0.1, 0.15) is 5.56 Å². The maximum atomic E-state index is 12.5. The highest BCUT2D eigenvalue weighted by Gasteiger charge is 2.22. The molecule has 1 aromatic carbocycles. The summed E-state index contributed by atoms with van der Waals surface area (Å²) in [6, 6.07) is 5.96. The van der Waals surface area contributed by atoms with Gasteiger partial charge in [-0.3, -0.25) is 4.79 Å². The Kier molecular flexibility index (Phi) is 3.64. The SMILES string of the molecule is CN(C)c1ccc2c(c1)c(=O)c(C(=O)O)cn2C1CCCC1. The van der Waals surface area contributed by atoms with E-state index >= 15 is 0 Å². The topological polar surface area (TPSA) is 62.5 Å². The molecule has 0 atom stereocenters. The molecule has 0 aliphatic heterocycles. The fraction of sp³-hybridized carbons (Fsp3) is 0.412. The lowest BCUT2D eigenvalue weighted by atomic mass is 10.1. The average molecular weight is 300 g/mol. The molecule has 5 heteroatoms. The zero-order valence-corrected chi connectivity index (χ0v) is 12.9. The Hall–Kier alpha value is -2.30. The molecule has 2 aromatic rings. The van der Waals surface area contributed by atoms with Crippen LogP contribution in [0.3, 0.4) is 0 Å². The first-order valence-corrected chi connectivity index (χ1v) is 7.58. The summed E-state index contributed by atoms with van der Waals surface area (Å²) >= 11 is 0. The summed E-state index contributed by atoms with van der Waals surface area (Å²) in [5.74, 6) is -1.16. The van der Waals surface area contributed by atoms with Crippen molar-refractivity contribution in [3.8, 4) is 0 Å². The molecule has 1 saturated carbocycles. The highest BCUT2D eigenvalue weighted by Crippen LogP contribution is 2.32. The van der Waals surface area contributed by atoms with E-state index in [1.807, 2.05) is 35.7 Å². The van der Waals surface area contributed by atoms with Gasteiger partial charge in [0.2, 0.25) is 5.43 Å². The van der Waals surface area contributed by atoms with E-state index < -0.39 is 11.4 Å². The van der Waals surface area contributed by atoms with E-state index in [-0.39, 0.29) is 11.6 Å². The summed E-state index contributed by atoms with van der Waals surface area (Å²) in [5.41, 5.74) is 1.17. The van der Waals surface area contributed by atoms with Crippen LogP contribution in [0, 0.1) is 0 Å². The third-order valence-corrected chi connectivity index (χ3v) is 4.48. The summed E-state index contributed by atoms with van der Waals surface area (Å²) in [4.78, 5) is 25.8. The summed E-state index contributed by atoms with van der Waals surface area (Å²) in [6.07, 6.45) is 5.89. The molecule has 5 nitrogen and oxygen atoms in total. The van der Waals surface area contributed by atoms with Gasteiger partial charge < -0.3 is 14.6 Å². The zero-order valence-electron chi connectivity index (χ0n) is 12.9. The molecule has 1 heterocycles. The van der Waals surface area contributed by atoms with Crippen molar-refractivity contribution in [3.63, 3.8) is 0 Å². The fourth-order valence-corrected chi connectivity index (χ4v) is 3.26. The maximum absolute atomic E-state index is 12.5. The van der Waals surface area contributed by atoms with Crippen molar-refractivity contribution in [3.05, 3.63) is 40.2 Å². The molecule has 22 heavy (non-hydrogen) atoms. The first-order valence-electron chi connectivity index (χ1n) is 7.58. The average Bonchev–Trinajstić information content (AvgIpc) is 3.01. The third kappa shape index (κ3) is 2.36. The first kappa shape index (κ1) is 14.6. The van der Waals surface area contributed by atoms with Crippen LogP contribution in [-0.2, 0) is 0 Å². The number of fused-ring (bicyclic) bond motifs is 1. The number of anilines is 1. The Morgan fingerprint density at radius 1 is 1.27 bits per heavy atom. The highest BCUT2D eigenvalue weighted by molar-refractivity contribution is 5.93. The number of rotatable bonds is 3. The molecule has 0 radical (unpaired) electrons. The van der Waals surface area contributed by atoms with Gasteiger partial charge in [-0.2, -0.15) is 0 Å². The van der Waals surface area contributed by atoms with Gasteiger partial charge in [0.05, 0.1) is 5.52 Å². The second kappa shape index (κ2) is 5.48. The van der Waals surface area contributed by atoms with Crippen LogP contribution in [0.1, 0.15) is 42.1 Å².